The van der Waals surface area contributed by atoms with E-state index in [9.17, 15) is 4.79 Å². The molecular weight excluding hydrogens is 234 g/mol. The molecule has 0 N–H and O–H groups in total. The van der Waals surface area contributed by atoms with Crippen molar-refractivity contribution in [3.05, 3.63) is 35.9 Å². The smallest absolute Gasteiger partial charge is 0.331 e. The maximum Gasteiger partial charge on any atom is 0.331 e. The summed E-state index contributed by atoms with van der Waals surface area (Å²) in [6.45, 7) is 0. The number of esters is 1. The Morgan fingerprint density at radius 2 is 2.18 bits per heavy atom. The molecule has 0 unspecified atom stereocenters. The zero-order valence-electron chi connectivity index (χ0n) is 9.76. The van der Waals surface area contributed by atoms with Crippen molar-refractivity contribution in [2.24, 2.45) is 4.99 Å². The van der Waals surface area contributed by atoms with Crippen LogP contribution in [0, 0.1) is 0 Å². The Morgan fingerprint density at radius 3 is 2.88 bits per heavy atom. The quantitative estimate of drug-likeness (QED) is 0.769. The van der Waals surface area contributed by atoms with Gasteiger partial charge in [-0.2, -0.15) is 0 Å². The van der Waals surface area contributed by atoms with Crippen LogP contribution in [-0.4, -0.2) is 29.9 Å². The highest BCUT2D eigenvalue weighted by atomic mass is 32.2. The molecule has 0 radical (unpaired) electrons. The fourth-order valence-corrected chi connectivity index (χ4v) is 2.72. The van der Waals surface area contributed by atoms with Gasteiger partial charge in [-0.1, -0.05) is 30.3 Å². The normalized spacial score (nSPS) is 18.9. The van der Waals surface area contributed by atoms with Gasteiger partial charge in [0, 0.05) is 5.75 Å². The van der Waals surface area contributed by atoms with E-state index in [0.717, 1.165) is 23.6 Å². The molecule has 0 saturated heterocycles. The summed E-state index contributed by atoms with van der Waals surface area (Å²) in [6, 6.07) is 10.0. The average molecular weight is 249 g/mol. The van der Waals surface area contributed by atoms with Crippen molar-refractivity contribution in [2.75, 3.05) is 12.9 Å². The average Bonchev–Trinajstić information content (AvgIpc) is 2.85. The molecule has 0 aliphatic carbocycles. The molecule has 90 valence electrons. The van der Waals surface area contributed by atoms with E-state index in [1.54, 1.807) is 11.8 Å². The van der Waals surface area contributed by atoms with Gasteiger partial charge in [-0.25, -0.2) is 4.79 Å². The van der Waals surface area contributed by atoms with Gasteiger partial charge in [0.1, 0.15) is 0 Å². The Hall–Kier alpha value is -1.29. The molecule has 0 fully saturated rings. The Bertz CT molecular complexity index is 417. The van der Waals surface area contributed by atoms with E-state index in [4.69, 9.17) is 0 Å². The molecule has 0 spiro atoms. The van der Waals surface area contributed by atoms with Gasteiger partial charge < -0.3 is 4.74 Å². The predicted octanol–water partition coefficient (Wildman–Crippen LogP) is 2.31. The van der Waals surface area contributed by atoms with Gasteiger partial charge in [0.05, 0.1) is 12.2 Å². The van der Waals surface area contributed by atoms with Crippen molar-refractivity contribution >= 4 is 22.8 Å². The van der Waals surface area contributed by atoms with Gasteiger partial charge in [-0.3, -0.25) is 4.99 Å². The Morgan fingerprint density at radius 1 is 1.41 bits per heavy atom. The standard InChI is InChI=1S/C13H15NO2S/c1-16-13(15)11-9-17-12(14-11)8-7-10-5-3-2-4-6-10/h2-6,11H,7-9H2,1H3/t11-/m0/s1. The summed E-state index contributed by atoms with van der Waals surface area (Å²) in [5.41, 5.74) is 1.30. The Labute approximate surface area is 105 Å². The highest BCUT2D eigenvalue weighted by molar-refractivity contribution is 8.14. The molecular formula is C13H15NO2S. The monoisotopic (exact) mass is 249 g/mol. The number of ether oxygens (including phenoxy) is 1. The third kappa shape index (κ3) is 3.33. The Kier molecular flexibility index (Phi) is 4.20. The van der Waals surface area contributed by atoms with Crippen molar-refractivity contribution in [3.8, 4) is 0 Å². The Balaban J connectivity index is 1.87. The SMILES string of the molecule is COC(=O)[C@@H]1CSC(CCc2ccccc2)=N1. The lowest BCUT2D eigenvalue weighted by Gasteiger charge is -2.01. The second-order valence-electron chi connectivity index (χ2n) is 3.86. The van der Waals surface area contributed by atoms with Crippen LogP contribution in [0.15, 0.2) is 35.3 Å². The molecule has 1 aromatic rings. The molecule has 0 amide bonds. The van der Waals surface area contributed by atoms with Gasteiger partial charge in [-0.15, -0.1) is 11.8 Å². The van der Waals surface area contributed by atoms with Crippen LogP contribution in [0.2, 0.25) is 0 Å². The molecule has 1 aliphatic rings. The maximum atomic E-state index is 11.3. The minimum absolute atomic E-state index is 0.229. The number of aliphatic imine (C=N–C) groups is 1. The van der Waals surface area contributed by atoms with Crippen molar-refractivity contribution in [1.82, 2.24) is 0 Å². The van der Waals surface area contributed by atoms with Crippen LogP contribution in [0.3, 0.4) is 0 Å². The zero-order valence-corrected chi connectivity index (χ0v) is 10.6. The van der Waals surface area contributed by atoms with Gasteiger partial charge in [0.15, 0.2) is 6.04 Å². The molecule has 17 heavy (non-hydrogen) atoms. The number of rotatable bonds is 4. The lowest BCUT2D eigenvalue weighted by molar-refractivity contribution is -0.141. The number of methoxy groups -OCH3 is 1. The highest BCUT2D eigenvalue weighted by Gasteiger charge is 2.25. The van der Waals surface area contributed by atoms with Crippen LogP contribution in [0.25, 0.3) is 0 Å². The number of nitrogens with zero attached hydrogens (tertiary/aromatic N) is 1. The van der Waals surface area contributed by atoms with Crippen molar-refractivity contribution in [2.45, 2.75) is 18.9 Å². The molecule has 0 bridgehead atoms. The van der Waals surface area contributed by atoms with Crippen LogP contribution in [-0.2, 0) is 16.0 Å². The van der Waals surface area contributed by atoms with Gasteiger partial charge in [0.25, 0.3) is 0 Å². The second-order valence-corrected chi connectivity index (χ2v) is 4.95. The van der Waals surface area contributed by atoms with Crippen molar-refractivity contribution < 1.29 is 9.53 Å². The molecule has 1 aromatic carbocycles. The first kappa shape index (κ1) is 12.2. The summed E-state index contributed by atoms with van der Waals surface area (Å²) in [7, 11) is 1.41. The minimum Gasteiger partial charge on any atom is -0.467 e. The number of carbonyl (C=O) groups excluding carboxylic acids is 1. The van der Waals surface area contributed by atoms with Crippen LogP contribution < -0.4 is 0 Å². The molecule has 1 atom stereocenters. The zero-order chi connectivity index (χ0) is 12.1. The number of thioether (sulfide) groups is 1. The van der Waals surface area contributed by atoms with E-state index in [2.05, 4.69) is 21.9 Å². The van der Waals surface area contributed by atoms with Crippen LogP contribution in [0.1, 0.15) is 12.0 Å². The van der Waals surface area contributed by atoms with Gasteiger partial charge >= 0.3 is 5.97 Å². The second kappa shape index (κ2) is 5.87. The number of carbonyl (C=O) groups is 1. The largest absolute Gasteiger partial charge is 0.467 e. The summed E-state index contributed by atoms with van der Waals surface area (Å²) in [5, 5.41) is 1.06. The third-order valence-electron chi connectivity index (χ3n) is 2.65. The lowest BCUT2D eigenvalue weighted by Crippen LogP contribution is -2.19. The van der Waals surface area contributed by atoms with E-state index < -0.39 is 0 Å². The van der Waals surface area contributed by atoms with Crippen molar-refractivity contribution in [1.29, 1.82) is 0 Å². The number of hydrogen-bond donors (Lipinski definition) is 0. The fraction of sp³-hybridized carbons (Fsp3) is 0.385. The number of aryl methyl sites for hydroxylation is 1. The van der Waals surface area contributed by atoms with Gasteiger partial charge in [0.2, 0.25) is 0 Å². The summed E-state index contributed by atoms with van der Waals surface area (Å²) in [6.07, 6.45) is 1.88. The van der Waals surface area contributed by atoms with Crippen LogP contribution in [0.4, 0.5) is 0 Å². The maximum absolute atomic E-state index is 11.3. The molecule has 1 heterocycles. The van der Waals surface area contributed by atoms with Gasteiger partial charge in [-0.05, 0) is 18.4 Å². The van der Waals surface area contributed by atoms with E-state index >= 15 is 0 Å². The first-order valence-electron chi connectivity index (χ1n) is 5.61. The molecule has 0 saturated carbocycles. The summed E-state index contributed by atoms with van der Waals surface area (Å²) in [4.78, 5) is 15.7. The number of hydrogen-bond acceptors (Lipinski definition) is 4. The summed E-state index contributed by atoms with van der Waals surface area (Å²) in [5.74, 6) is 0.490. The van der Waals surface area contributed by atoms with Crippen LogP contribution in [0.5, 0.6) is 0 Å². The molecule has 1 aliphatic heterocycles. The lowest BCUT2D eigenvalue weighted by atomic mass is 10.1. The fourth-order valence-electron chi connectivity index (χ4n) is 1.71. The molecule has 3 nitrogen and oxygen atoms in total. The molecule has 0 aromatic heterocycles. The summed E-state index contributed by atoms with van der Waals surface area (Å²) < 4.78 is 4.69. The predicted molar refractivity (Wildman–Crippen MR) is 70.5 cm³/mol. The minimum atomic E-state index is -0.296. The van der Waals surface area contributed by atoms with E-state index in [0.29, 0.717) is 0 Å². The van der Waals surface area contributed by atoms with E-state index in [1.807, 2.05) is 18.2 Å². The molecule has 4 heteroatoms. The number of benzene rings is 1. The van der Waals surface area contributed by atoms with Crippen LogP contribution >= 0.6 is 11.8 Å². The highest BCUT2D eigenvalue weighted by Crippen LogP contribution is 2.22. The molecule has 2 rings (SSSR count). The first-order chi connectivity index (χ1) is 8.29. The first-order valence-corrected chi connectivity index (χ1v) is 6.59. The van der Waals surface area contributed by atoms with Crippen molar-refractivity contribution in [3.63, 3.8) is 0 Å². The third-order valence-corrected chi connectivity index (χ3v) is 3.78. The van der Waals surface area contributed by atoms with E-state index in [-0.39, 0.29) is 12.0 Å². The van der Waals surface area contributed by atoms with E-state index in [1.165, 1.54) is 12.7 Å². The topological polar surface area (TPSA) is 38.7 Å². The summed E-state index contributed by atoms with van der Waals surface area (Å²) >= 11 is 1.66.